The molecule has 0 aromatic heterocycles. The Morgan fingerprint density at radius 2 is 1.80 bits per heavy atom. The first-order valence-electron chi connectivity index (χ1n) is 5.85. The topological polar surface area (TPSA) is 63.6 Å². The molecule has 2 rings (SSSR count). The number of quaternary nitrogens is 1. The van der Waals surface area contributed by atoms with Gasteiger partial charge in [0.15, 0.2) is 5.69 Å². The van der Waals surface area contributed by atoms with Gasteiger partial charge in [0.1, 0.15) is 0 Å². The quantitative estimate of drug-likeness (QED) is 0.491. The summed E-state index contributed by atoms with van der Waals surface area (Å²) in [4.78, 5) is 23.2. The number of methoxy groups -OCH3 is 1. The lowest BCUT2D eigenvalue weighted by molar-refractivity contribution is 0.178. The molecular weight excluding hydrogens is 278 g/mol. The number of carboxylic acid groups (broad SMARTS) is 1. The third-order valence-corrected chi connectivity index (χ3v) is 4.05. The molecule has 0 aliphatic carbocycles. The zero-order valence-corrected chi connectivity index (χ0v) is 11.9. The monoisotopic (exact) mass is 292 g/mol. The summed E-state index contributed by atoms with van der Waals surface area (Å²) in [5.74, 6) is 0. The van der Waals surface area contributed by atoms with Crippen LogP contribution in [-0.4, -0.2) is 30.7 Å². The summed E-state index contributed by atoms with van der Waals surface area (Å²) in [6.45, 7) is 0. The van der Waals surface area contributed by atoms with Crippen LogP contribution in [-0.2, 0) is 4.74 Å². The van der Waals surface area contributed by atoms with Crippen molar-refractivity contribution in [3.8, 4) is 0 Å². The van der Waals surface area contributed by atoms with E-state index in [4.69, 9.17) is 0 Å². The molecule has 0 fully saturated rings. The third kappa shape index (κ3) is 2.48. The van der Waals surface area contributed by atoms with Crippen molar-refractivity contribution in [1.29, 1.82) is 0 Å². The number of hydrogen-bond acceptors (Lipinski definition) is 4. The molecule has 104 valence electrons. The number of carbonyl (C=O) groups is 2. The number of rotatable bonds is 1. The number of hydrogen-bond donors (Lipinski definition) is 1. The highest BCUT2D eigenvalue weighted by Crippen LogP contribution is 2.37. The number of fused-ring (bicyclic) bond motifs is 1. The van der Waals surface area contributed by atoms with Crippen LogP contribution < -0.4 is 3.89 Å². The van der Waals surface area contributed by atoms with Gasteiger partial charge < -0.3 is 9.84 Å². The van der Waals surface area contributed by atoms with E-state index in [0.29, 0.717) is 17.6 Å². The molecule has 1 amide bonds. The first-order valence-corrected chi connectivity index (χ1v) is 6.62. The fourth-order valence-corrected chi connectivity index (χ4v) is 2.67. The molecule has 1 N–H and O–H groups in total. The maximum Gasteiger partial charge on any atom is 0.531 e. The Balaban J connectivity index is 2.63. The number of carbonyl (C=O) groups excluding carboxylic acids is 1. The Morgan fingerprint density at radius 1 is 1.15 bits per heavy atom. The average molecular weight is 292 g/mol. The summed E-state index contributed by atoms with van der Waals surface area (Å²) < 4.78 is 3.94. The zero-order chi connectivity index (χ0) is 14.8. The second-order valence-corrected chi connectivity index (χ2v) is 5.50. The summed E-state index contributed by atoms with van der Waals surface area (Å²) in [5, 5.41) is 10.6. The predicted molar refractivity (Wildman–Crippen MR) is 79.7 cm³/mol. The molecule has 0 spiro atoms. The molecule has 5 nitrogen and oxygen atoms in total. The summed E-state index contributed by atoms with van der Waals surface area (Å²) in [6, 6.07) is 12.8. The van der Waals surface area contributed by atoms with Crippen LogP contribution in [0.2, 0.25) is 0 Å². The molecule has 0 saturated heterocycles. The van der Waals surface area contributed by atoms with E-state index < -0.39 is 15.3 Å². The fraction of sp³-hybridized carbons (Fsp3) is 0.143. The first kappa shape index (κ1) is 14.4. The van der Waals surface area contributed by atoms with Crippen molar-refractivity contribution in [3.63, 3.8) is 0 Å². The lowest BCUT2D eigenvalue weighted by Crippen LogP contribution is -2.44. The first-order chi connectivity index (χ1) is 9.49. The van der Waals surface area contributed by atoms with Crippen LogP contribution >= 0.6 is 11.9 Å². The molecule has 0 aliphatic rings. The number of ether oxygens (including phenoxy) is 1. The van der Waals surface area contributed by atoms with E-state index in [1.165, 1.54) is 14.2 Å². The van der Waals surface area contributed by atoms with Crippen LogP contribution in [0.25, 0.3) is 10.8 Å². The average Bonchev–Trinajstić information content (AvgIpc) is 2.46. The molecule has 0 bridgehead atoms. The van der Waals surface area contributed by atoms with Crippen LogP contribution in [0.5, 0.6) is 0 Å². The van der Waals surface area contributed by atoms with Gasteiger partial charge in [0.05, 0.1) is 14.2 Å². The van der Waals surface area contributed by atoms with E-state index in [1.54, 1.807) is 12.1 Å². The summed E-state index contributed by atoms with van der Waals surface area (Å²) >= 11 is 0.600. The summed E-state index contributed by atoms with van der Waals surface area (Å²) in [7, 11) is 2.68. The van der Waals surface area contributed by atoms with Gasteiger partial charge in [0.25, 0.3) is 0 Å². The summed E-state index contributed by atoms with van der Waals surface area (Å²) in [5.41, 5.74) is 0.519. The van der Waals surface area contributed by atoms with Crippen molar-refractivity contribution in [2.75, 3.05) is 14.2 Å². The van der Waals surface area contributed by atoms with E-state index in [1.807, 2.05) is 30.3 Å². The van der Waals surface area contributed by atoms with Crippen LogP contribution in [0.15, 0.2) is 42.5 Å². The Bertz CT molecular complexity index is 668. The number of nitrogens with zero attached hydrogens (tertiary/aromatic N) is 1. The van der Waals surface area contributed by atoms with Crippen molar-refractivity contribution in [2.45, 2.75) is 0 Å². The molecule has 1 unspecified atom stereocenters. The van der Waals surface area contributed by atoms with Crippen molar-refractivity contribution < 1.29 is 19.4 Å². The van der Waals surface area contributed by atoms with Gasteiger partial charge in [0, 0.05) is 11.5 Å². The smallest absolute Gasteiger partial charge is 0.457 e. The lowest BCUT2D eigenvalue weighted by atomic mass is 10.1. The van der Waals surface area contributed by atoms with Crippen molar-refractivity contribution >= 4 is 39.8 Å². The molecule has 20 heavy (non-hydrogen) atoms. The Kier molecular flexibility index (Phi) is 3.96. The van der Waals surface area contributed by atoms with Gasteiger partial charge >= 0.3 is 11.4 Å². The van der Waals surface area contributed by atoms with Crippen LogP contribution in [0.4, 0.5) is 15.3 Å². The molecule has 0 aliphatic heterocycles. The third-order valence-electron chi connectivity index (χ3n) is 3.02. The van der Waals surface area contributed by atoms with E-state index in [2.05, 4.69) is 4.74 Å². The van der Waals surface area contributed by atoms with Gasteiger partial charge in [-0.05, 0) is 11.5 Å². The molecule has 0 heterocycles. The van der Waals surface area contributed by atoms with Gasteiger partial charge in [0.2, 0.25) is 11.9 Å². The second-order valence-electron chi connectivity index (χ2n) is 4.25. The van der Waals surface area contributed by atoms with E-state index >= 15 is 0 Å². The Labute approximate surface area is 120 Å². The molecule has 6 heteroatoms. The minimum absolute atomic E-state index is 0.519. The molecule has 2 aromatic carbocycles. The van der Waals surface area contributed by atoms with Gasteiger partial charge in [-0.25, -0.2) is 4.79 Å². The minimum atomic E-state index is -1.14. The van der Waals surface area contributed by atoms with E-state index in [9.17, 15) is 14.7 Å². The van der Waals surface area contributed by atoms with Crippen LogP contribution in [0, 0.1) is 0 Å². The summed E-state index contributed by atoms with van der Waals surface area (Å²) in [6.07, 6.45) is -1.14. The lowest BCUT2D eigenvalue weighted by Gasteiger charge is -2.24. The number of benzene rings is 2. The highest BCUT2D eigenvalue weighted by atomic mass is 32.2. The predicted octanol–water partition coefficient (Wildman–Crippen LogP) is 3.87. The van der Waals surface area contributed by atoms with Crippen LogP contribution in [0.1, 0.15) is 0 Å². The van der Waals surface area contributed by atoms with Crippen molar-refractivity contribution in [3.05, 3.63) is 42.5 Å². The molecular formula is C14H14NO4S+. The van der Waals surface area contributed by atoms with Crippen LogP contribution in [0.3, 0.4) is 0 Å². The molecule has 2 aromatic rings. The fourth-order valence-electron chi connectivity index (χ4n) is 1.96. The Morgan fingerprint density at radius 3 is 2.45 bits per heavy atom. The highest BCUT2D eigenvalue weighted by Gasteiger charge is 2.41. The normalized spacial score (nSPS) is 13.7. The number of amides is 1. The molecule has 0 radical (unpaired) electrons. The maximum atomic E-state index is 11.7. The zero-order valence-electron chi connectivity index (χ0n) is 11.1. The van der Waals surface area contributed by atoms with Gasteiger partial charge in [-0.2, -0.15) is 4.79 Å². The maximum absolute atomic E-state index is 11.7. The van der Waals surface area contributed by atoms with Gasteiger partial charge in [-0.3, -0.25) is 0 Å². The largest absolute Gasteiger partial charge is 0.531 e. The van der Waals surface area contributed by atoms with Gasteiger partial charge in [-0.15, -0.1) is 3.89 Å². The Hall–Kier alpha value is -2.05. The van der Waals surface area contributed by atoms with Gasteiger partial charge in [-0.1, -0.05) is 30.3 Å². The van der Waals surface area contributed by atoms with E-state index in [-0.39, 0.29) is 0 Å². The molecule has 1 atom stereocenters. The minimum Gasteiger partial charge on any atom is -0.457 e. The highest BCUT2D eigenvalue weighted by molar-refractivity contribution is 8.13. The second kappa shape index (κ2) is 5.52. The molecule has 0 saturated carbocycles. The van der Waals surface area contributed by atoms with E-state index in [0.717, 1.165) is 10.8 Å². The van der Waals surface area contributed by atoms with Crippen molar-refractivity contribution in [1.82, 2.24) is 3.89 Å². The SMILES string of the molecule is COC(=O)S[N+](C)(C(=O)O)c1cccc2ccccc12. The standard InChI is InChI=1S/C14H13NO4S/c1-15(13(16)17,20-14(18)19-2)12-9-5-7-10-6-3-4-8-11(10)12/h3-9H,1-2H3/p+1. The van der Waals surface area contributed by atoms with Crippen molar-refractivity contribution in [2.24, 2.45) is 0 Å².